The zero-order valence-corrected chi connectivity index (χ0v) is 16.0. The lowest BCUT2D eigenvalue weighted by molar-refractivity contribution is -0.139. The van der Waals surface area contributed by atoms with Gasteiger partial charge in [-0.2, -0.15) is 13.2 Å². The van der Waals surface area contributed by atoms with E-state index in [1.54, 1.807) is 11.0 Å². The SMILES string of the molecule is CC1c2cccn2CCN1C(=O)C1CC(=O)N(Cc2cccc(C(F)(F)F)c2)C1. The third-order valence-electron chi connectivity index (χ3n) is 5.82. The standard InChI is InChI=1S/C21H22F3N3O2/c1-14-18-6-3-7-25(18)8-9-27(14)20(29)16-11-19(28)26(13-16)12-15-4-2-5-17(10-15)21(22,23)24/h2-7,10,14,16H,8-9,11-13H2,1H3. The summed E-state index contributed by atoms with van der Waals surface area (Å²) in [5, 5.41) is 0. The van der Waals surface area contributed by atoms with Gasteiger partial charge < -0.3 is 14.4 Å². The molecule has 154 valence electrons. The molecule has 1 aromatic carbocycles. The van der Waals surface area contributed by atoms with Gasteiger partial charge in [0.2, 0.25) is 11.8 Å². The lowest BCUT2D eigenvalue weighted by atomic mass is 10.0. The van der Waals surface area contributed by atoms with Crippen molar-refractivity contribution in [2.24, 2.45) is 5.92 Å². The molecule has 2 amide bonds. The van der Waals surface area contributed by atoms with Crippen LogP contribution in [0.4, 0.5) is 13.2 Å². The third kappa shape index (κ3) is 3.75. The fourth-order valence-electron chi connectivity index (χ4n) is 4.27. The van der Waals surface area contributed by atoms with Gasteiger partial charge >= 0.3 is 6.18 Å². The minimum atomic E-state index is -4.43. The third-order valence-corrected chi connectivity index (χ3v) is 5.82. The summed E-state index contributed by atoms with van der Waals surface area (Å²) >= 11 is 0. The summed E-state index contributed by atoms with van der Waals surface area (Å²) < 4.78 is 40.9. The summed E-state index contributed by atoms with van der Waals surface area (Å²) in [6.07, 6.45) is -2.34. The Kier molecular flexibility index (Phi) is 4.88. The number of fused-ring (bicyclic) bond motifs is 1. The summed E-state index contributed by atoms with van der Waals surface area (Å²) in [5.74, 6) is -0.726. The molecule has 29 heavy (non-hydrogen) atoms. The number of carbonyl (C=O) groups is 2. The summed E-state index contributed by atoms with van der Waals surface area (Å²) in [5.41, 5.74) is 0.736. The van der Waals surface area contributed by atoms with Crippen molar-refractivity contribution in [3.63, 3.8) is 0 Å². The van der Waals surface area contributed by atoms with E-state index in [0.717, 1.165) is 17.8 Å². The van der Waals surface area contributed by atoms with Crippen LogP contribution < -0.4 is 0 Å². The van der Waals surface area contributed by atoms with Crippen molar-refractivity contribution < 1.29 is 22.8 Å². The maximum Gasteiger partial charge on any atom is 0.416 e. The second-order valence-corrected chi connectivity index (χ2v) is 7.71. The van der Waals surface area contributed by atoms with E-state index in [1.165, 1.54) is 11.0 Å². The van der Waals surface area contributed by atoms with E-state index >= 15 is 0 Å². The first kappa shape index (κ1) is 19.5. The highest BCUT2D eigenvalue weighted by Gasteiger charge is 2.39. The van der Waals surface area contributed by atoms with E-state index in [2.05, 4.69) is 4.57 Å². The van der Waals surface area contributed by atoms with Crippen molar-refractivity contribution in [3.05, 3.63) is 59.4 Å². The number of likely N-dealkylation sites (tertiary alicyclic amines) is 1. The van der Waals surface area contributed by atoms with E-state index in [-0.39, 0.29) is 37.4 Å². The highest BCUT2D eigenvalue weighted by atomic mass is 19.4. The Morgan fingerprint density at radius 2 is 1.97 bits per heavy atom. The van der Waals surface area contributed by atoms with Crippen molar-refractivity contribution in [3.8, 4) is 0 Å². The maximum atomic E-state index is 13.1. The molecular weight excluding hydrogens is 383 g/mol. The molecule has 4 rings (SSSR count). The molecule has 2 aliphatic rings. The van der Waals surface area contributed by atoms with E-state index in [0.29, 0.717) is 18.7 Å². The van der Waals surface area contributed by atoms with Crippen LogP contribution >= 0.6 is 0 Å². The molecule has 2 atom stereocenters. The molecule has 1 fully saturated rings. The van der Waals surface area contributed by atoms with Gasteiger partial charge in [0, 0.05) is 44.5 Å². The van der Waals surface area contributed by atoms with Crippen molar-refractivity contribution in [2.45, 2.75) is 38.7 Å². The van der Waals surface area contributed by atoms with Crippen LogP contribution in [-0.2, 0) is 28.9 Å². The number of nitrogens with zero attached hydrogens (tertiary/aromatic N) is 3. The molecule has 0 N–H and O–H groups in total. The molecule has 0 saturated carbocycles. The number of hydrogen-bond donors (Lipinski definition) is 0. The first-order valence-electron chi connectivity index (χ1n) is 9.63. The van der Waals surface area contributed by atoms with Gasteiger partial charge in [-0.1, -0.05) is 12.1 Å². The van der Waals surface area contributed by atoms with Crippen molar-refractivity contribution >= 4 is 11.8 Å². The van der Waals surface area contributed by atoms with Crippen LogP contribution in [-0.4, -0.2) is 39.3 Å². The summed E-state index contributed by atoms with van der Waals surface area (Å²) in [6.45, 7) is 3.58. The van der Waals surface area contributed by atoms with Crippen LogP contribution in [0.3, 0.4) is 0 Å². The monoisotopic (exact) mass is 405 g/mol. The van der Waals surface area contributed by atoms with Crippen LogP contribution in [0.5, 0.6) is 0 Å². The highest BCUT2D eigenvalue weighted by Crippen LogP contribution is 2.32. The number of hydrogen-bond acceptors (Lipinski definition) is 2. The molecule has 2 unspecified atom stereocenters. The lowest BCUT2D eigenvalue weighted by Gasteiger charge is -2.36. The van der Waals surface area contributed by atoms with E-state index in [4.69, 9.17) is 0 Å². The number of carbonyl (C=O) groups excluding carboxylic acids is 2. The second kappa shape index (κ2) is 7.24. The van der Waals surface area contributed by atoms with Gasteiger partial charge in [-0.05, 0) is 36.8 Å². The number of rotatable bonds is 3. The Labute approximate surface area is 166 Å². The van der Waals surface area contributed by atoms with Gasteiger partial charge in [0.25, 0.3) is 0 Å². The number of benzene rings is 1. The number of aromatic nitrogens is 1. The summed E-state index contributed by atoms with van der Waals surface area (Å²) in [6, 6.07) is 8.85. The molecule has 2 aliphatic heterocycles. The van der Waals surface area contributed by atoms with Gasteiger partial charge in [-0.3, -0.25) is 9.59 Å². The van der Waals surface area contributed by atoms with Gasteiger partial charge in [-0.15, -0.1) is 0 Å². The molecule has 1 saturated heterocycles. The highest BCUT2D eigenvalue weighted by molar-refractivity contribution is 5.89. The number of alkyl halides is 3. The molecule has 0 radical (unpaired) electrons. The smallest absolute Gasteiger partial charge is 0.348 e. The average Bonchev–Trinajstić information content (AvgIpc) is 3.29. The van der Waals surface area contributed by atoms with Gasteiger partial charge in [0.1, 0.15) is 0 Å². The fourth-order valence-corrected chi connectivity index (χ4v) is 4.27. The molecular formula is C21H22F3N3O2. The van der Waals surface area contributed by atoms with Crippen LogP contribution in [0.15, 0.2) is 42.6 Å². The Bertz CT molecular complexity index is 937. The van der Waals surface area contributed by atoms with Gasteiger partial charge in [0.15, 0.2) is 0 Å². The Morgan fingerprint density at radius 1 is 1.17 bits per heavy atom. The molecule has 1 aromatic heterocycles. The minimum absolute atomic E-state index is 0.0650. The largest absolute Gasteiger partial charge is 0.416 e. The zero-order chi connectivity index (χ0) is 20.8. The number of amides is 2. The van der Waals surface area contributed by atoms with Crippen molar-refractivity contribution in [1.29, 1.82) is 0 Å². The molecule has 3 heterocycles. The first-order chi connectivity index (χ1) is 13.7. The molecule has 8 heteroatoms. The molecule has 0 bridgehead atoms. The summed E-state index contributed by atoms with van der Waals surface area (Å²) in [7, 11) is 0. The van der Waals surface area contributed by atoms with Crippen LogP contribution in [0.1, 0.15) is 36.2 Å². The molecule has 5 nitrogen and oxygen atoms in total. The van der Waals surface area contributed by atoms with Gasteiger partial charge in [-0.25, -0.2) is 0 Å². The van der Waals surface area contributed by atoms with Crippen molar-refractivity contribution in [2.75, 3.05) is 13.1 Å². The van der Waals surface area contributed by atoms with E-state index < -0.39 is 17.7 Å². The fraction of sp³-hybridized carbons (Fsp3) is 0.429. The predicted octanol–water partition coefficient (Wildman–Crippen LogP) is 3.46. The Hall–Kier alpha value is -2.77. The van der Waals surface area contributed by atoms with Crippen molar-refractivity contribution in [1.82, 2.24) is 14.4 Å². The van der Waals surface area contributed by atoms with Crippen LogP contribution in [0, 0.1) is 5.92 Å². The normalized spacial score (nSPS) is 22.1. The van der Waals surface area contributed by atoms with Crippen LogP contribution in [0.2, 0.25) is 0 Å². The average molecular weight is 405 g/mol. The first-order valence-corrected chi connectivity index (χ1v) is 9.63. The van der Waals surface area contributed by atoms with E-state index in [9.17, 15) is 22.8 Å². The molecule has 2 aromatic rings. The second-order valence-electron chi connectivity index (χ2n) is 7.71. The quantitative estimate of drug-likeness (QED) is 0.785. The van der Waals surface area contributed by atoms with Crippen LogP contribution in [0.25, 0.3) is 0 Å². The summed E-state index contributed by atoms with van der Waals surface area (Å²) in [4.78, 5) is 28.8. The Balaban J connectivity index is 1.44. The predicted molar refractivity (Wildman–Crippen MR) is 99.5 cm³/mol. The zero-order valence-electron chi connectivity index (χ0n) is 16.0. The minimum Gasteiger partial charge on any atom is -0.348 e. The molecule has 0 spiro atoms. The Morgan fingerprint density at radius 3 is 2.72 bits per heavy atom. The van der Waals surface area contributed by atoms with Gasteiger partial charge in [0.05, 0.1) is 17.5 Å². The van der Waals surface area contributed by atoms with E-state index in [1.807, 2.05) is 25.3 Å². The topological polar surface area (TPSA) is 45.6 Å². The number of halogens is 3. The lowest BCUT2D eigenvalue weighted by Crippen LogP contribution is -2.44. The maximum absolute atomic E-state index is 13.1. The molecule has 0 aliphatic carbocycles.